The minimum absolute atomic E-state index is 0.182. The fourth-order valence-corrected chi connectivity index (χ4v) is 3.30. The number of amides is 1. The van der Waals surface area contributed by atoms with Gasteiger partial charge < -0.3 is 9.47 Å². The predicted octanol–water partition coefficient (Wildman–Crippen LogP) is 4.57. The van der Waals surface area contributed by atoms with Crippen molar-refractivity contribution in [2.24, 2.45) is 5.10 Å². The second kappa shape index (κ2) is 10.0. The Balaban J connectivity index is 2.16. The van der Waals surface area contributed by atoms with Crippen molar-refractivity contribution in [2.45, 2.75) is 27.3 Å². The molecule has 3 rings (SSSR count). The molecule has 1 aromatic heterocycles. The molecule has 7 heteroatoms. The van der Waals surface area contributed by atoms with Crippen LogP contribution in [0.2, 0.25) is 0 Å². The summed E-state index contributed by atoms with van der Waals surface area (Å²) in [4.78, 5) is 15.8. The van der Waals surface area contributed by atoms with Crippen molar-refractivity contribution >= 4 is 12.1 Å². The summed E-state index contributed by atoms with van der Waals surface area (Å²) in [6, 6.07) is 14.6. The van der Waals surface area contributed by atoms with Gasteiger partial charge in [0.05, 0.1) is 26.3 Å². The molecule has 0 spiro atoms. The highest BCUT2D eigenvalue weighted by Gasteiger charge is 2.20. The molecule has 166 valence electrons. The van der Waals surface area contributed by atoms with E-state index >= 15 is 0 Å². The fraction of sp³-hybridized carbons (Fsp3) is 0.240. The van der Waals surface area contributed by atoms with E-state index in [4.69, 9.17) is 9.47 Å². The van der Waals surface area contributed by atoms with E-state index in [1.54, 1.807) is 38.3 Å². The minimum atomic E-state index is -0.667. The van der Waals surface area contributed by atoms with E-state index in [0.717, 1.165) is 16.7 Å². The molecular formula is C25H26FN3O3. The summed E-state index contributed by atoms with van der Waals surface area (Å²) in [6.07, 6.45) is 0.621. The van der Waals surface area contributed by atoms with E-state index in [1.165, 1.54) is 12.1 Å². The summed E-state index contributed by atoms with van der Waals surface area (Å²) in [5.74, 6) is 0.346. The third-order valence-electron chi connectivity index (χ3n) is 5.04. The van der Waals surface area contributed by atoms with Crippen LogP contribution in [-0.2, 0) is 11.3 Å². The van der Waals surface area contributed by atoms with Gasteiger partial charge in [0.15, 0.2) is 11.5 Å². The lowest BCUT2D eigenvalue weighted by Crippen LogP contribution is -2.20. The Morgan fingerprint density at radius 2 is 1.66 bits per heavy atom. The van der Waals surface area contributed by atoms with Crippen LogP contribution in [0.15, 0.2) is 53.6 Å². The molecule has 0 fully saturated rings. The highest BCUT2D eigenvalue weighted by molar-refractivity contribution is 6.14. The molecule has 1 heterocycles. The number of hydrogen-bond acceptors (Lipinski definition) is 5. The number of hydrogen-bond donors (Lipinski definition) is 0. The van der Waals surface area contributed by atoms with Crippen molar-refractivity contribution in [3.63, 3.8) is 0 Å². The Morgan fingerprint density at radius 1 is 1.00 bits per heavy atom. The molecule has 32 heavy (non-hydrogen) atoms. The first-order valence-corrected chi connectivity index (χ1v) is 10.1. The first kappa shape index (κ1) is 22.9. The molecule has 0 aliphatic carbocycles. The van der Waals surface area contributed by atoms with Crippen LogP contribution in [0.4, 0.5) is 4.39 Å². The largest absolute Gasteiger partial charge is 0.493 e. The Bertz CT molecular complexity index is 1140. The lowest BCUT2D eigenvalue weighted by molar-refractivity contribution is -0.118. The standard InChI is InChI=1S/C25H26FN3O3/c1-16-6-9-19(10-7-16)14-29(15-30)28-24(20-11-8-18(3)27-25(20)26)21-13-23(32-5)22(31-4)12-17(21)2/h6-13,15H,14H2,1-5H3/b28-24-. The van der Waals surface area contributed by atoms with Gasteiger partial charge in [-0.25, -0.2) is 9.99 Å². The first-order valence-electron chi connectivity index (χ1n) is 10.1. The SMILES string of the molecule is COc1cc(C)c(/C(=N\N(C=O)Cc2ccc(C)cc2)c2ccc(C)nc2F)cc1OC. The maximum Gasteiger partial charge on any atom is 0.230 e. The number of benzene rings is 2. The fourth-order valence-electron chi connectivity index (χ4n) is 3.30. The number of ether oxygens (including phenoxy) is 2. The molecule has 0 saturated heterocycles. The van der Waals surface area contributed by atoms with Gasteiger partial charge in [0.2, 0.25) is 12.4 Å². The zero-order valence-corrected chi connectivity index (χ0v) is 18.8. The predicted molar refractivity (Wildman–Crippen MR) is 122 cm³/mol. The van der Waals surface area contributed by atoms with Gasteiger partial charge in [-0.2, -0.15) is 9.49 Å². The van der Waals surface area contributed by atoms with E-state index in [2.05, 4.69) is 10.1 Å². The van der Waals surface area contributed by atoms with E-state index in [1.807, 2.05) is 38.1 Å². The summed E-state index contributed by atoms with van der Waals surface area (Å²) >= 11 is 0. The topological polar surface area (TPSA) is 64.0 Å². The zero-order valence-electron chi connectivity index (χ0n) is 18.8. The van der Waals surface area contributed by atoms with Crippen molar-refractivity contribution in [3.05, 3.63) is 88.0 Å². The molecule has 0 N–H and O–H groups in total. The van der Waals surface area contributed by atoms with Gasteiger partial charge in [0.1, 0.15) is 5.71 Å². The summed E-state index contributed by atoms with van der Waals surface area (Å²) in [7, 11) is 3.07. The molecule has 0 aliphatic rings. The highest BCUT2D eigenvalue weighted by atomic mass is 19.1. The Morgan fingerprint density at radius 3 is 2.25 bits per heavy atom. The quantitative estimate of drug-likeness (QED) is 0.225. The van der Waals surface area contributed by atoms with Gasteiger partial charge >= 0.3 is 0 Å². The van der Waals surface area contributed by atoms with Gasteiger partial charge in [0, 0.05) is 11.3 Å². The average Bonchev–Trinajstić information content (AvgIpc) is 2.78. The molecule has 0 bridgehead atoms. The van der Waals surface area contributed by atoms with Crippen LogP contribution < -0.4 is 9.47 Å². The normalized spacial score (nSPS) is 11.2. The van der Waals surface area contributed by atoms with Crippen molar-refractivity contribution in [3.8, 4) is 11.5 Å². The summed E-state index contributed by atoms with van der Waals surface area (Å²) in [5, 5.41) is 5.79. The van der Waals surface area contributed by atoms with Crippen LogP contribution in [0.25, 0.3) is 0 Å². The Labute approximate surface area is 187 Å². The van der Waals surface area contributed by atoms with Crippen LogP contribution in [-0.4, -0.2) is 36.3 Å². The minimum Gasteiger partial charge on any atom is -0.493 e. The first-order chi connectivity index (χ1) is 15.4. The summed E-state index contributed by atoms with van der Waals surface area (Å²) in [6.45, 7) is 5.79. The van der Waals surface area contributed by atoms with Gasteiger partial charge in [-0.1, -0.05) is 29.8 Å². The van der Waals surface area contributed by atoms with E-state index in [9.17, 15) is 9.18 Å². The van der Waals surface area contributed by atoms with Crippen LogP contribution in [0.1, 0.15) is 33.5 Å². The third-order valence-corrected chi connectivity index (χ3v) is 5.04. The van der Waals surface area contributed by atoms with E-state index < -0.39 is 5.95 Å². The number of methoxy groups -OCH3 is 2. The molecule has 0 atom stereocenters. The number of hydrazone groups is 1. The Kier molecular flexibility index (Phi) is 7.20. The maximum atomic E-state index is 14.9. The van der Waals surface area contributed by atoms with Gasteiger partial charge in [-0.3, -0.25) is 4.79 Å². The third kappa shape index (κ3) is 5.11. The van der Waals surface area contributed by atoms with Crippen LogP contribution in [0, 0.1) is 26.7 Å². The molecule has 0 saturated carbocycles. The lowest BCUT2D eigenvalue weighted by Gasteiger charge is -2.18. The smallest absolute Gasteiger partial charge is 0.230 e. The number of nitrogens with zero attached hydrogens (tertiary/aromatic N) is 3. The van der Waals surface area contributed by atoms with Crippen molar-refractivity contribution in [2.75, 3.05) is 14.2 Å². The molecule has 2 aromatic carbocycles. The van der Waals surface area contributed by atoms with E-state index in [-0.39, 0.29) is 17.8 Å². The molecule has 3 aromatic rings. The van der Waals surface area contributed by atoms with E-state index in [0.29, 0.717) is 29.2 Å². The monoisotopic (exact) mass is 435 g/mol. The molecule has 0 aliphatic heterocycles. The molecule has 0 radical (unpaired) electrons. The zero-order chi connectivity index (χ0) is 23.3. The highest BCUT2D eigenvalue weighted by Crippen LogP contribution is 2.32. The van der Waals surface area contributed by atoms with Gasteiger partial charge in [-0.05, 0) is 56.2 Å². The second-order valence-corrected chi connectivity index (χ2v) is 7.45. The van der Waals surface area contributed by atoms with Gasteiger partial charge in [-0.15, -0.1) is 0 Å². The number of rotatable bonds is 8. The maximum absolute atomic E-state index is 14.9. The molecule has 1 amide bonds. The number of carbonyl (C=O) groups excluding carboxylic acids is 1. The summed E-state index contributed by atoms with van der Waals surface area (Å²) in [5.41, 5.74) is 4.39. The number of aromatic nitrogens is 1. The lowest BCUT2D eigenvalue weighted by atomic mass is 9.98. The number of carbonyl (C=O) groups is 1. The second-order valence-electron chi connectivity index (χ2n) is 7.45. The van der Waals surface area contributed by atoms with Crippen molar-refractivity contribution < 1.29 is 18.7 Å². The van der Waals surface area contributed by atoms with Crippen molar-refractivity contribution in [1.82, 2.24) is 9.99 Å². The molecular weight excluding hydrogens is 409 g/mol. The van der Waals surface area contributed by atoms with Crippen LogP contribution in [0.3, 0.4) is 0 Å². The van der Waals surface area contributed by atoms with Gasteiger partial charge in [0.25, 0.3) is 0 Å². The average molecular weight is 435 g/mol. The number of halogens is 1. The molecule has 6 nitrogen and oxygen atoms in total. The van der Waals surface area contributed by atoms with Crippen LogP contribution >= 0.6 is 0 Å². The Hall–Kier alpha value is -3.74. The summed E-state index contributed by atoms with van der Waals surface area (Å²) < 4.78 is 25.7. The number of aryl methyl sites for hydroxylation is 3. The number of pyridine rings is 1. The van der Waals surface area contributed by atoms with Crippen LogP contribution in [0.5, 0.6) is 11.5 Å². The molecule has 0 unspecified atom stereocenters. The van der Waals surface area contributed by atoms with Crippen molar-refractivity contribution in [1.29, 1.82) is 0 Å².